The zero-order valence-corrected chi connectivity index (χ0v) is 19.7. The van der Waals surface area contributed by atoms with Gasteiger partial charge in [-0.15, -0.1) is 11.3 Å². The Morgan fingerprint density at radius 3 is 2.81 bits per heavy atom. The van der Waals surface area contributed by atoms with Gasteiger partial charge in [0, 0.05) is 24.5 Å². The second kappa shape index (κ2) is 10.3. The highest BCUT2D eigenvalue weighted by Gasteiger charge is 2.34. The Labute approximate surface area is 193 Å². The fraction of sp³-hybridized carbons (Fsp3) is 0.560. The quantitative estimate of drug-likeness (QED) is 0.580. The van der Waals surface area contributed by atoms with Crippen LogP contribution in [0.2, 0.25) is 0 Å². The molecule has 5 nitrogen and oxygen atoms in total. The van der Waals surface area contributed by atoms with Gasteiger partial charge in [0.1, 0.15) is 6.61 Å². The summed E-state index contributed by atoms with van der Waals surface area (Å²) in [5.74, 6) is 0.632. The van der Waals surface area contributed by atoms with E-state index in [0.717, 1.165) is 18.5 Å². The average Bonchev–Trinajstić information content (AvgIpc) is 3.44. The minimum atomic E-state index is -0.452. The van der Waals surface area contributed by atoms with Gasteiger partial charge >= 0.3 is 0 Å². The normalized spacial score (nSPS) is 19.3. The van der Waals surface area contributed by atoms with Gasteiger partial charge < -0.3 is 14.7 Å². The molecule has 0 spiro atoms. The molecule has 2 atom stereocenters. The van der Waals surface area contributed by atoms with Crippen LogP contribution in [0.3, 0.4) is 0 Å². The highest BCUT2D eigenvalue weighted by Crippen LogP contribution is 2.35. The molecule has 1 aromatic carbocycles. The second-order valence-electron chi connectivity index (χ2n) is 9.34. The molecule has 1 amide bonds. The van der Waals surface area contributed by atoms with Crippen molar-refractivity contribution in [2.45, 2.75) is 45.3 Å². The van der Waals surface area contributed by atoms with Crippen LogP contribution in [0.1, 0.15) is 43.2 Å². The topological polar surface area (TPSA) is 53.0 Å². The maximum atomic E-state index is 14.1. The zero-order chi connectivity index (χ0) is 22.7. The third-order valence-corrected chi connectivity index (χ3v) is 7.43. The van der Waals surface area contributed by atoms with Gasteiger partial charge in [-0.2, -0.15) is 0 Å². The van der Waals surface area contributed by atoms with Gasteiger partial charge in [-0.3, -0.25) is 9.69 Å². The summed E-state index contributed by atoms with van der Waals surface area (Å²) in [6.45, 7) is 6.49. The van der Waals surface area contributed by atoms with E-state index in [1.165, 1.54) is 23.8 Å². The van der Waals surface area contributed by atoms with Crippen LogP contribution in [-0.2, 0) is 11.2 Å². The van der Waals surface area contributed by atoms with Gasteiger partial charge in [0.15, 0.2) is 11.6 Å². The molecule has 1 saturated carbocycles. The van der Waals surface area contributed by atoms with Crippen LogP contribution in [0, 0.1) is 17.7 Å². The summed E-state index contributed by atoms with van der Waals surface area (Å²) < 4.78 is 19.9. The molecule has 1 fully saturated rings. The molecule has 1 aliphatic heterocycles. The first-order valence-corrected chi connectivity index (χ1v) is 12.4. The fourth-order valence-corrected chi connectivity index (χ4v) is 5.16. The highest BCUT2D eigenvalue weighted by molar-refractivity contribution is 7.10. The standard InChI is InChI=1S/C25H33FN2O3S/c1-17(2)22(29)14-27(13-18-7-8-18)15-25(30)28-11-9-24-19(10-12-32-24)21(28)16-31-23-6-4-3-5-20(23)26/h3-6,10,12,17-18,21-22,29H,7-9,11,13-16H2,1-2H3. The van der Waals surface area contributed by atoms with Gasteiger partial charge in [-0.25, -0.2) is 4.39 Å². The molecule has 1 aliphatic carbocycles. The van der Waals surface area contributed by atoms with Crippen molar-refractivity contribution in [3.8, 4) is 5.75 Å². The van der Waals surface area contributed by atoms with Crippen molar-refractivity contribution in [2.75, 3.05) is 32.8 Å². The first-order valence-electron chi connectivity index (χ1n) is 11.6. The molecule has 0 saturated heterocycles. The van der Waals surface area contributed by atoms with Crippen LogP contribution in [0.5, 0.6) is 5.75 Å². The molecule has 7 heteroatoms. The van der Waals surface area contributed by atoms with Crippen LogP contribution < -0.4 is 4.74 Å². The summed E-state index contributed by atoms with van der Waals surface area (Å²) >= 11 is 1.70. The minimum Gasteiger partial charge on any atom is -0.488 e. The molecule has 1 N–H and O–H groups in total. The van der Waals surface area contributed by atoms with Gasteiger partial charge in [-0.1, -0.05) is 26.0 Å². The van der Waals surface area contributed by atoms with Crippen molar-refractivity contribution in [1.82, 2.24) is 9.80 Å². The first-order chi connectivity index (χ1) is 15.4. The summed E-state index contributed by atoms with van der Waals surface area (Å²) in [6, 6.07) is 8.19. The lowest BCUT2D eigenvalue weighted by Crippen LogP contribution is -2.48. The van der Waals surface area contributed by atoms with Crippen molar-refractivity contribution in [2.24, 2.45) is 11.8 Å². The Morgan fingerprint density at radius 1 is 1.31 bits per heavy atom. The second-order valence-corrected chi connectivity index (χ2v) is 10.3. The van der Waals surface area contributed by atoms with Crippen molar-refractivity contribution >= 4 is 17.2 Å². The Kier molecular flexibility index (Phi) is 7.48. The first kappa shape index (κ1) is 23.2. The van der Waals surface area contributed by atoms with Gasteiger partial charge in [0.05, 0.1) is 18.7 Å². The third kappa shape index (κ3) is 5.69. The molecule has 0 radical (unpaired) electrons. The summed E-state index contributed by atoms with van der Waals surface area (Å²) in [6.07, 6.45) is 2.77. The lowest BCUT2D eigenvalue weighted by Gasteiger charge is -2.37. The van der Waals surface area contributed by atoms with Crippen LogP contribution in [-0.4, -0.2) is 59.7 Å². The minimum absolute atomic E-state index is 0.0422. The molecule has 2 heterocycles. The number of para-hydroxylation sites is 1. The predicted octanol–water partition coefficient (Wildman–Crippen LogP) is 4.12. The molecule has 1 aromatic heterocycles. The van der Waals surface area contributed by atoms with E-state index in [1.807, 2.05) is 24.1 Å². The third-order valence-electron chi connectivity index (χ3n) is 6.44. The van der Waals surface area contributed by atoms with E-state index in [-0.39, 0.29) is 36.8 Å². The fourth-order valence-electron chi connectivity index (χ4n) is 4.23. The number of carbonyl (C=O) groups excluding carboxylic acids is 1. The number of thiophene rings is 1. The number of amides is 1. The largest absolute Gasteiger partial charge is 0.488 e. The maximum absolute atomic E-state index is 14.1. The number of carbonyl (C=O) groups is 1. The SMILES string of the molecule is CC(C)C(O)CN(CC(=O)N1CCc2sccc2C1COc1ccccc1F)CC1CC1. The number of aliphatic hydroxyl groups excluding tert-OH is 1. The van der Waals surface area contributed by atoms with E-state index in [4.69, 9.17) is 4.74 Å². The maximum Gasteiger partial charge on any atom is 0.237 e. The van der Waals surface area contributed by atoms with Gasteiger partial charge in [0.25, 0.3) is 0 Å². The van der Waals surface area contributed by atoms with Crippen molar-refractivity contribution in [1.29, 1.82) is 0 Å². The van der Waals surface area contributed by atoms with Gasteiger partial charge in [0.2, 0.25) is 5.91 Å². The van der Waals surface area contributed by atoms with Crippen LogP contribution in [0.15, 0.2) is 35.7 Å². The zero-order valence-electron chi connectivity index (χ0n) is 18.9. The van der Waals surface area contributed by atoms with Crippen LogP contribution in [0.4, 0.5) is 4.39 Å². The lowest BCUT2D eigenvalue weighted by atomic mass is 10.00. The number of rotatable bonds is 10. The predicted molar refractivity (Wildman–Crippen MR) is 124 cm³/mol. The number of halogens is 1. The molecule has 2 aromatic rings. The van der Waals surface area contributed by atoms with Crippen molar-refractivity contribution in [3.05, 3.63) is 52.0 Å². The van der Waals surface area contributed by atoms with Crippen LogP contribution in [0.25, 0.3) is 0 Å². The molecule has 2 aliphatic rings. The summed E-state index contributed by atoms with van der Waals surface area (Å²) in [4.78, 5) is 18.7. The smallest absolute Gasteiger partial charge is 0.237 e. The van der Waals surface area contributed by atoms with Crippen molar-refractivity contribution in [3.63, 3.8) is 0 Å². The van der Waals surface area contributed by atoms with Gasteiger partial charge in [-0.05, 0) is 60.2 Å². The molecule has 174 valence electrons. The monoisotopic (exact) mass is 460 g/mol. The Bertz CT molecular complexity index is 914. The van der Waals surface area contributed by atoms with Crippen LogP contribution >= 0.6 is 11.3 Å². The lowest BCUT2D eigenvalue weighted by molar-refractivity contribution is -0.136. The number of benzene rings is 1. The summed E-state index contributed by atoms with van der Waals surface area (Å²) in [5, 5.41) is 12.5. The van der Waals surface area contributed by atoms with E-state index < -0.39 is 11.9 Å². The number of nitrogens with zero attached hydrogens (tertiary/aromatic N) is 2. The molecule has 2 unspecified atom stereocenters. The highest BCUT2D eigenvalue weighted by atomic mass is 32.1. The molecule has 4 rings (SSSR count). The molecule has 0 bridgehead atoms. The Morgan fingerprint density at radius 2 is 2.09 bits per heavy atom. The molecule has 32 heavy (non-hydrogen) atoms. The number of hydrogen-bond donors (Lipinski definition) is 1. The van der Waals surface area contributed by atoms with E-state index in [9.17, 15) is 14.3 Å². The average molecular weight is 461 g/mol. The van der Waals surface area contributed by atoms with E-state index in [2.05, 4.69) is 11.0 Å². The number of ether oxygens (including phenoxy) is 1. The molecular formula is C25H33FN2O3S. The summed E-state index contributed by atoms with van der Waals surface area (Å²) in [5.41, 5.74) is 1.10. The Balaban J connectivity index is 1.47. The van der Waals surface area contributed by atoms with E-state index in [1.54, 1.807) is 29.5 Å². The van der Waals surface area contributed by atoms with Crippen molar-refractivity contribution < 1.29 is 19.0 Å². The summed E-state index contributed by atoms with van der Waals surface area (Å²) in [7, 11) is 0. The molecular weight excluding hydrogens is 427 g/mol. The van der Waals surface area contributed by atoms with E-state index in [0.29, 0.717) is 19.0 Å². The Hall–Kier alpha value is -1.96. The number of hydrogen-bond acceptors (Lipinski definition) is 5. The number of fused-ring (bicyclic) bond motifs is 1. The van der Waals surface area contributed by atoms with E-state index >= 15 is 0 Å². The number of aliphatic hydroxyl groups is 1.